The second-order valence-electron chi connectivity index (χ2n) is 15.6. The molecule has 0 radical (unpaired) electrons. The first-order valence-corrected chi connectivity index (χ1v) is 20.8. The van der Waals surface area contributed by atoms with E-state index in [4.69, 9.17) is 19.4 Å². The SMILES string of the molecule is c1ccc(-c2cccc(-c3ccc(-c4cccc5oc6cc7c(cc6c45)c4ccccc4n7-c4ccccc4)c(-c4nc(-c5ccccc5)nc(-c5ccccc5)n4)c3)c2)cc1. The summed E-state index contributed by atoms with van der Waals surface area (Å²) in [6, 6.07) is 76.3. The molecule has 0 aliphatic carbocycles. The molecule has 9 aromatic carbocycles. The van der Waals surface area contributed by atoms with Crippen LogP contribution >= 0.6 is 0 Å². The lowest BCUT2D eigenvalue weighted by Gasteiger charge is -2.15. The van der Waals surface area contributed by atoms with Gasteiger partial charge in [-0.2, -0.15) is 0 Å². The van der Waals surface area contributed by atoms with E-state index >= 15 is 0 Å². The largest absolute Gasteiger partial charge is 0.456 e. The molecule has 0 aliphatic rings. The molecule has 0 spiro atoms. The smallest absolute Gasteiger partial charge is 0.164 e. The Kier molecular flexibility index (Phi) is 8.42. The van der Waals surface area contributed by atoms with E-state index in [9.17, 15) is 0 Å². The molecule has 3 heterocycles. The van der Waals surface area contributed by atoms with E-state index in [0.717, 1.165) is 83.2 Å². The minimum atomic E-state index is 0.590. The molecule has 0 saturated heterocycles. The average molecular weight is 793 g/mol. The van der Waals surface area contributed by atoms with Crippen LogP contribution in [0.1, 0.15) is 0 Å². The third-order valence-electron chi connectivity index (χ3n) is 11.9. The van der Waals surface area contributed by atoms with E-state index in [1.165, 1.54) is 16.3 Å². The van der Waals surface area contributed by atoms with Gasteiger partial charge in [-0.1, -0.05) is 170 Å². The fraction of sp³-hybridized carbons (Fsp3) is 0. The Morgan fingerprint density at radius 2 is 0.871 bits per heavy atom. The maximum Gasteiger partial charge on any atom is 0.164 e. The third-order valence-corrected chi connectivity index (χ3v) is 11.9. The molecular formula is C57H36N4O. The number of para-hydroxylation sites is 2. The Morgan fingerprint density at radius 3 is 1.58 bits per heavy atom. The molecule has 0 saturated carbocycles. The van der Waals surface area contributed by atoms with Gasteiger partial charge in [0.15, 0.2) is 17.5 Å². The Labute approximate surface area is 357 Å². The zero-order valence-corrected chi connectivity index (χ0v) is 33.5. The van der Waals surface area contributed by atoms with Crippen LogP contribution in [-0.4, -0.2) is 19.5 Å². The van der Waals surface area contributed by atoms with Crippen molar-refractivity contribution in [2.45, 2.75) is 0 Å². The number of hydrogen-bond acceptors (Lipinski definition) is 4. The molecule has 0 N–H and O–H groups in total. The molecule has 0 unspecified atom stereocenters. The van der Waals surface area contributed by atoms with Gasteiger partial charge in [0.1, 0.15) is 11.2 Å². The van der Waals surface area contributed by atoms with Crippen molar-refractivity contribution >= 4 is 43.7 Å². The van der Waals surface area contributed by atoms with Gasteiger partial charge in [0.25, 0.3) is 0 Å². The van der Waals surface area contributed by atoms with E-state index in [1.54, 1.807) is 0 Å². The Balaban J connectivity index is 1.12. The van der Waals surface area contributed by atoms with Crippen molar-refractivity contribution in [3.63, 3.8) is 0 Å². The van der Waals surface area contributed by atoms with E-state index < -0.39 is 0 Å². The second kappa shape index (κ2) is 14.7. The van der Waals surface area contributed by atoms with Gasteiger partial charge >= 0.3 is 0 Å². The zero-order chi connectivity index (χ0) is 41.0. The Bertz CT molecular complexity index is 3560. The summed E-state index contributed by atoms with van der Waals surface area (Å²) >= 11 is 0. The van der Waals surface area contributed by atoms with Crippen LogP contribution in [-0.2, 0) is 0 Å². The molecule has 0 aliphatic heterocycles. The molecule has 12 rings (SSSR count). The quantitative estimate of drug-likeness (QED) is 0.161. The van der Waals surface area contributed by atoms with Crippen LogP contribution in [0.5, 0.6) is 0 Å². The molecule has 0 fully saturated rings. The number of aromatic nitrogens is 4. The van der Waals surface area contributed by atoms with Crippen LogP contribution in [0, 0.1) is 0 Å². The maximum absolute atomic E-state index is 6.80. The van der Waals surface area contributed by atoms with Gasteiger partial charge in [-0.15, -0.1) is 0 Å². The van der Waals surface area contributed by atoms with E-state index in [0.29, 0.717) is 17.5 Å². The van der Waals surface area contributed by atoms with Crippen LogP contribution in [0.25, 0.3) is 117 Å². The fourth-order valence-corrected chi connectivity index (χ4v) is 8.95. The van der Waals surface area contributed by atoms with Crippen molar-refractivity contribution in [1.82, 2.24) is 19.5 Å². The lowest BCUT2D eigenvalue weighted by atomic mass is 9.91. The highest BCUT2D eigenvalue weighted by molar-refractivity contribution is 6.20. The maximum atomic E-state index is 6.80. The van der Waals surface area contributed by atoms with Crippen molar-refractivity contribution in [3.8, 4) is 73.2 Å². The molecule has 290 valence electrons. The summed E-state index contributed by atoms with van der Waals surface area (Å²) in [7, 11) is 0. The summed E-state index contributed by atoms with van der Waals surface area (Å²) in [6.45, 7) is 0. The number of fused-ring (bicyclic) bond motifs is 6. The van der Waals surface area contributed by atoms with Crippen molar-refractivity contribution in [2.24, 2.45) is 0 Å². The van der Waals surface area contributed by atoms with Crippen molar-refractivity contribution < 1.29 is 4.42 Å². The minimum absolute atomic E-state index is 0.590. The predicted octanol–water partition coefficient (Wildman–Crippen LogP) is 14.9. The second-order valence-corrected chi connectivity index (χ2v) is 15.6. The Morgan fingerprint density at radius 1 is 0.306 bits per heavy atom. The van der Waals surface area contributed by atoms with Gasteiger partial charge in [0.2, 0.25) is 0 Å². The molecule has 5 nitrogen and oxygen atoms in total. The lowest BCUT2D eigenvalue weighted by Crippen LogP contribution is -2.01. The number of furan rings is 1. The van der Waals surface area contributed by atoms with Gasteiger partial charge in [-0.3, -0.25) is 0 Å². The first-order chi connectivity index (χ1) is 30.7. The van der Waals surface area contributed by atoms with Gasteiger partial charge in [0.05, 0.1) is 11.0 Å². The van der Waals surface area contributed by atoms with Crippen molar-refractivity contribution in [1.29, 1.82) is 0 Å². The minimum Gasteiger partial charge on any atom is -0.456 e. The highest BCUT2D eigenvalue weighted by Gasteiger charge is 2.22. The molecule has 0 amide bonds. The first kappa shape index (κ1) is 35.5. The van der Waals surface area contributed by atoms with Crippen LogP contribution in [0.3, 0.4) is 0 Å². The molecule has 0 atom stereocenters. The number of rotatable bonds is 7. The van der Waals surface area contributed by atoms with E-state index in [-0.39, 0.29) is 0 Å². The van der Waals surface area contributed by atoms with Gasteiger partial charge in [-0.05, 0) is 75.8 Å². The lowest BCUT2D eigenvalue weighted by molar-refractivity contribution is 0.669. The van der Waals surface area contributed by atoms with Crippen LogP contribution in [0.15, 0.2) is 223 Å². The van der Waals surface area contributed by atoms with Crippen molar-refractivity contribution in [2.75, 3.05) is 0 Å². The average Bonchev–Trinajstić information content (AvgIpc) is 3.89. The zero-order valence-electron chi connectivity index (χ0n) is 33.5. The molecular weight excluding hydrogens is 757 g/mol. The Hall–Kier alpha value is -8.41. The number of benzene rings is 9. The van der Waals surface area contributed by atoms with Gasteiger partial charge in [-0.25, -0.2) is 15.0 Å². The summed E-state index contributed by atoms with van der Waals surface area (Å²) in [5.74, 6) is 1.81. The summed E-state index contributed by atoms with van der Waals surface area (Å²) in [5.41, 5.74) is 14.3. The molecule has 62 heavy (non-hydrogen) atoms. The molecule has 0 bridgehead atoms. The highest BCUT2D eigenvalue weighted by Crippen LogP contribution is 2.44. The van der Waals surface area contributed by atoms with E-state index in [1.807, 2.05) is 60.7 Å². The summed E-state index contributed by atoms with van der Waals surface area (Å²) in [6.07, 6.45) is 0. The highest BCUT2D eigenvalue weighted by atomic mass is 16.3. The molecule has 3 aromatic heterocycles. The number of hydrogen-bond donors (Lipinski definition) is 0. The normalized spacial score (nSPS) is 11.5. The van der Waals surface area contributed by atoms with Gasteiger partial charge in [0, 0.05) is 50.0 Å². The first-order valence-electron chi connectivity index (χ1n) is 20.8. The summed E-state index contributed by atoms with van der Waals surface area (Å²) in [4.78, 5) is 15.6. The van der Waals surface area contributed by atoms with Gasteiger partial charge < -0.3 is 8.98 Å². The van der Waals surface area contributed by atoms with Crippen LogP contribution in [0.4, 0.5) is 0 Å². The number of nitrogens with zero attached hydrogens (tertiary/aromatic N) is 4. The molecule has 5 heteroatoms. The standard InChI is InChI=1S/C57H36N4O/c1-5-17-37(18-6-1)40-23-15-24-41(33-40)42-31-32-44(48(34-42)57-59-55(38-19-7-2-8-20-38)58-56(60-57)39-21-9-3-10-22-39)46-28-16-30-52-54(46)49-35-47-45-27-13-14-29-50(45)61(43-25-11-4-12-26-43)51(47)36-53(49)62-52/h1-36H. The third kappa shape index (κ3) is 6.06. The van der Waals surface area contributed by atoms with E-state index in [2.05, 4.69) is 162 Å². The van der Waals surface area contributed by atoms with Crippen molar-refractivity contribution in [3.05, 3.63) is 218 Å². The topological polar surface area (TPSA) is 56.7 Å². The predicted molar refractivity (Wildman–Crippen MR) is 254 cm³/mol. The molecule has 12 aromatic rings. The monoisotopic (exact) mass is 792 g/mol. The van der Waals surface area contributed by atoms with Crippen LogP contribution < -0.4 is 0 Å². The summed E-state index contributed by atoms with van der Waals surface area (Å²) < 4.78 is 9.13. The fourth-order valence-electron chi connectivity index (χ4n) is 8.95. The summed E-state index contributed by atoms with van der Waals surface area (Å²) in [5, 5.41) is 4.45. The van der Waals surface area contributed by atoms with Crippen LogP contribution in [0.2, 0.25) is 0 Å².